The highest BCUT2D eigenvalue weighted by molar-refractivity contribution is 5.67. The number of allylic oxidation sites excluding steroid dienone is 1. The number of nitrogens with one attached hydrogen (secondary N) is 1. The molecule has 4 nitrogen and oxygen atoms in total. The summed E-state index contributed by atoms with van der Waals surface area (Å²) in [6.07, 6.45) is 11.6. The standard InChI is InChI=1S/C24H37NO3/c1-5-12-21-20-14-9-8-13-19(20)15-16-22(21)27-18-11-7-6-10-17-25-23(26)28-24(2,3)4/h5,15-16H,1,6-14,17-18H2,2-4H3,(H,25,26). The van der Waals surface area contributed by atoms with Crippen molar-refractivity contribution < 1.29 is 14.3 Å². The summed E-state index contributed by atoms with van der Waals surface area (Å²) < 4.78 is 11.3. The monoisotopic (exact) mass is 387 g/mol. The summed E-state index contributed by atoms with van der Waals surface area (Å²) in [7, 11) is 0. The van der Waals surface area contributed by atoms with E-state index in [1.165, 1.54) is 42.4 Å². The SMILES string of the molecule is C=CCc1c(OCCCCCCNC(=O)OC(C)(C)C)ccc2c1CCCC2. The summed E-state index contributed by atoms with van der Waals surface area (Å²) >= 11 is 0. The Morgan fingerprint density at radius 3 is 2.64 bits per heavy atom. The van der Waals surface area contributed by atoms with E-state index < -0.39 is 5.60 Å². The molecule has 156 valence electrons. The number of carbonyl (C=O) groups excluding carboxylic acids is 1. The van der Waals surface area contributed by atoms with Crippen LogP contribution in [0, 0.1) is 0 Å². The summed E-state index contributed by atoms with van der Waals surface area (Å²) in [5, 5.41) is 2.80. The van der Waals surface area contributed by atoms with Crippen LogP contribution < -0.4 is 10.1 Å². The molecule has 0 fully saturated rings. The lowest BCUT2D eigenvalue weighted by atomic mass is 9.87. The molecule has 0 saturated heterocycles. The number of hydrogen-bond donors (Lipinski definition) is 1. The second-order valence-corrected chi connectivity index (χ2v) is 8.57. The maximum atomic E-state index is 11.6. The fourth-order valence-corrected chi connectivity index (χ4v) is 3.65. The Morgan fingerprint density at radius 2 is 1.89 bits per heavy atom. The van der Waals surface area contributed by atoms with Crippen LogP contribution >= 0.6 is 0 Å². The van der Waals surface area contributed by atoms with Crippen molar-refractivity contribution in [3.63, 3.8) is 0 Å². The van der Waals surface area contributed by atoms with Gasteiger partial charge in [0, 0.05) is 12.1 Å². The molecule has 1 aliphatic rings. The van der Waals surface area contributed by atoms with Gasteiger partial charge in [0.25, 0.3) is 0 Å². The van der Waals surface area contributed by atoms with E-state index >= 15 is 0 Å². The van der Waals surface area contributed by atoms with Gasteiger partial charge in [-0.05, 0) is 82.9 Å². The lowest BCUT2D eigenvalue weighted by molar-refractivity contribution is 0.0527. The molecule has 1 amide bonds. The van der Waals surface area contributed by atoms with Crippen molar-refractivity contribution in [1.29, 1.82) is 0 Å². The van der Waals surface area contributed by atoms with E-state index in [1.807, 2.05) is 26.8 Å². The van der Waals surface area contributed by atoms with Gasteiger partial charge in [0.15, 0.2) is 0 Å². The second kappa shape index (κ2) is 11.1. The maximum Gasteiger partial charge on any atom is 0.407 e. The summed E-state index contributed by atoms with van der Waals surface area (Å²) in [4.78, 5) is 11.6. The van der Waals surface area contributed by atoms with E-state index in [0.29, 0.717) is 6.54 Å². The number of amides is 1. The van der Waals surface area contributed by atoms with Gasteiger partial charge >= 0.3 is 6.09 Å². The largest absolute Gasteiger partial charge is 0.493 e. The van der Waals surface area contributed by atoms with Crippen LogP contribution in [0.4, 0.5) is 4.79 Å². The number of fused-ring (bicyclic) bond motifs is 1. The average Bonchev–Trinajstić information content (AvgIpc) is 2.64. The van der Waals surface area contributed by atoms with Crippen LogP contribution in [-0.4, -0.2) is 24.8 Å². The van der Waals surface area contributed by atoms with Crippen molar-refractivity contribution in [2.45, 2.75) is 84.2 Å². The summed E-state index contributed by atoms with van der Waals surface area (Å²) in [5.41, 5.74) is 3.89. The van der Waals surface area contributed by atoms with Crippen LogP contribution in [0.2, 0.25) is 0 Å². The Balaban J connectivity index is 1.66. The average molecular weight is 388 g/mol. The molecule has 0 radical (unpaired) electrons. The third-order valence-electron chi connectivity index (χ3n) is 4.95. The van der Waals surface area contributed by atoms with Crippen molar-refractivity contribution in [3.05, 3.63) is 41.5 Å². The van der Waals surface area contributed by atoms with E-state index in [4.69, 9.17) is 9.47 Å². The fourth-order valence-electron chi connectivity index (χ4n) is 3.65. The highest BCUT2D eigenvalue weighted by Gasteiger charge is 2.17. The van der Waals surface area contributed by atoms with E-state index in [1.54, 1.807) is 0 Å². The third kappa shape index (κ3) is 7.57. The summed E-state index contributed by atoms with van der Waals surface area (Å²) in [6, 6.07) is 4.40. The van der Waals surface area contributed by atoms with Crippen molar-refractivity contribution in [1.82, 2.24) is 5.32 Å². The molecule has 28 heavy (non-hydrogen) atoms. The van der Waals surface area contributed by atoms with Gasteiger partial charge in [0.05, 0.1) is 6.61 Å². The highest BCUT2D eigenvalue weighted by Crippen LogP contribution is 2.32. The Labute approximate surface area is 170 Å². The molecule has 0 atom stereocenters. The molecule has 0 heterocycles. The predicted octanol–water partition coefficient (Wildman–Crippen LogP) is 5.76. The van der Waals surface area contributed by atoms with Crippen LogP contribution in [0.25, 0.3) is 0 Å². The molecule has 4 heteroatoms. The first-order chi connectivity index (χ1) is 13.4. The molecule has 2 rings (SSSR count). The quantitative estimate of drug-likeness (QED) is 0.410. The topological polar surface area (TPSA) is 47.6 Å². The molecule has 0 saturated carbocycles. The van der Waals surface area contributed by atoms with Gasteiger partial charge < -0.3 is 14.8 Å². The Kier molecular flexibility index (Phi) is 8.88. The van der Waals surface area contributed by atoms with E-state index in [2.05, 4.69) is 24.0 Å². The smallest absolute Gasteiger partial charge is 0.407 e. The van der Waals surface area contributed by atoms with Gasteiger partial charge in [-0.3, -0.25) is 0 Å². The van der Waals surface area contributed by atoms with Gasteiger partial charge in [-0.15, -0.1) is 6.58 Å². The molecule has 0 unspecified atom stereocenters. The zero-order chi connectivity index (χ0) is 20.4. The molecule has 1 aromatic carbocycles. The van der Waals surface area contributed by atoms with E-state index in [0.717, 1.165) is 44.5 Å². The summed E-state index contributed by atoms with van der Waals surface area (Å²) in [5.74, 6) is 1.03. The molecule has 1 N–H and O–H groups in total. The number of unbranched alkanes of at least 4 members (excludes halogenated alkanes) is 3. The van der Waals surface area contributed by atoms with Crippen molar-refractivity contribution >= 4 is 6.09 Å². The minimum absolute atomic E-state index is 0.335. The molecule has 0 aromatic heterocycles. The van der Waals surface area contributed by atoms with Gasteiger partial charge in [-0.1, -0.05) is 25.0 Å². The molecule has 0 bridgehead atoms. The first-order valence-electron chi connectivity index (χ1n) is 10.7. The van der Waals surface area contributed by atoms with E-state index in [-0.39, 0.29) is 6.09 Å². The first-order valence-corrected chi connectivity index (χ1v) is 10.7. The number of carbonyl (C=O) groups is 1. The van der Waals surface area contributed by atoms with Gasteiger partial charge in [0.1, 0.15) is 11.4 Å². The minimum atomic E-state index is -0.442. The number of rotatable bonds is 10. The molecule has 1 aromatic rings. The third-order valence-corrected chi connectivity index (χ3v) is 4.95. The number of alkyl carbamates (subject to hydrolysis) is 1. The first kappa shape index (κ1) is 22.3. The predicted molar refractivity (Wildman–Crippen MR) is 115 cm³/mol. The van der Waals surface area contributed by atoms with E-state index in [9.17, 15) is 4.79 Å². The Hall–Kier alpha value is -1.97. The molecular formula is C24H37NO3. The number of ether oxygens (including phenoxy) is 2. The Morgan fingerprint density at radius 1 is 1.14 bits per heavy atom. The van der Waals surface area contributed by atoms with Gasteiger partial charge in [-0.2, -0.15) is 0 Å². The van der Waals surface area contributed by atoms with Crippen LogP contribution in [-0.2, 0) is 24.0 Å². The molecular weight excluding hydrogens is 350 g/mol. The van der Waals surface area contributed by atoms with Crippen molar-refractivity contribution in [2.24, 2.45) is 0 Å². The maximum absolute atomic E-state index is 11.6. The van der Waals surface area contributed by atoms with Crippen LogP contribution in [0.15, 0.2) is 24.8 Å². The molecule has 0 aliphatic heterocycles. The zero-order valence-electron chi connectivity index (χ0n) is 17.9. The van der Waals surface area contributed by atoms with Gasteiger partial charge in [0.2, 0.25) is 0 Å². The lowest BCUT2D eigenvalue weighted by Crippen LogP contribution is -2.32. The Bertz CT molecular complexity index is 646. The summed E-state index contributed by atoms with van der Waals surface area (Å²) in [6.45, 7) is 10.9. The van der Waals surface area contributed by atoms with Crippen molar-refractivity contribution in [3.8, 4) is 5.75 Å². The van der Waals surface area contributed by atoms with Crippen LogP contribution in [0.3, 0.4) is 0 Å². The number of hydrogen-bond acceptors (Lipinski definition) is 3. The minimum Gasteiger partial charge on any atom is -0.493 e. The molecule has 0 spiro atoms. The highest BCUT2D eigenvalue weighted by atomic mass is 16.6. The number of aryl methyl sites for hydroxylation is 1. The van der Waals surface area contributed by atoms with Crippen LogP contribution in [0.5, 0.6) is 5.75 Å². The number of benzene rings is 1. The van der Waals surface area contributed by atoms with Crippen LogP contribution in [0.1, 0.15) is 76.0 Å². The second-order valence-electron chi connectivity index (χ2n) is 8.57. The lowest BCUT2D eigenvalue weighted by Gasteiger charge is -2.22. The van der Waals surface area contributed by atoms with Crippen molar-refractivity contribution in [2.75, 3.05) is 13.2 Å². The van der Waals surface area contributed by atoms with Gasteiger partial charge in [-0.25, -0.2) is 4.79 Å². The normalized spacial score (nSPS) is 13.5. The molecule has 1 aliphatic carbocycles. The fraction of sp³-hybridized carbons (Fsp3) is 0.625. The zero-order valence-corrected chi connectivity index (χ0v) is 17.9.